The summed E-state index contributed by atoms with van der Waals surface area (Å²) in [6, 6.07) is 0.489. The lowest BCUT2D eigenvalue weighted by atomic mass is 9.87. The monoisotopic (exact) mass is 921 g/mol. The zero-order chi connectivity index (χ0) is 47.6. The average molecular weight is 921 g/mol. The molecule has 3 aliphatic heterocycles. The molecule has 2 amide bonds. The number of carbonyl (C=O) groups excluding carboxylic acids is 2. The third-order valence-corrected chi connectivity index (χ3v) is 15.1. The van der Waals surface area contributed by atoms with Crippen LogP contribution < -0.4 is 11.5 Å². The average Bonchev–Trinajstić information content (AvgIpc) is 3.20. The fourth-order valence-electron chi connectivity index (χ4n) is 6.42. The van der Waals surface area contributed by atoms with E-state index in [1.54, 1.807) is 10.4 Å². The molecule has 0 bridgehead atoms. The molecule has 17 heteroatoms. The number of nitrogens with zero attached hydrogens (tertiary/aromatic N) is 4. The van der Waals surface area contributed by atoms with Gasteiger partial charge in [-0.3, -0.25) is 14.5 Å². The molecule has 0 aromatic rings. The normalized spacial score (nSPS) is 19.0. The lowest BCUT2D eigenvalue weighted by Crippen LogP contribution is -2.50. The lowest BCUT2D eigenvalue weighted by molar-refractivity contribution is -0.114. The van der Waals surface area contributed by atoms with Gasteiger partial charge >= 0.3 is 0 Å². The van der Waals surface area contributed by atoms with E-state index in [1.165, 1.54) is 20.8 Å². The highest BCUT2D eigenvalue weighted by Crippen LogP contribution is 2.26. The molecule has 0 radical (unpaired) electrons. The van der Waals surface area contributed by atoms with E-state index >= 15 is 0 Å². The van der Waals surface area contributed by atoms with Crippen LogP contribution in [0.4, 0.5) is 0 Å². The van der Waals surface area contributed by atoms with Crippen LogP contribution in [0.5, 0.6) is 0 Å². The van der Waals surface area contributed by atoms with Crippen LogP contribution in [0, 0.1) is 35.5 Å². The van der Waals surface area contributed by atoms with Gasteiger partial charge in [-0.05, 0) is 106 Å². The number of hydrogen-bond acceptors (Lipinski definition) is 9. The van der Waals surface area contributed by atoms with Crippen LogP contribution in [0.15, 0.2) is 60.3 Å². The molecule has 61 heavy (non-hydrogen) atoms. The van der Waals surface area contributed by atoms with Crippen molar-refractivity contribution in [2.45, 2.75) is 120 Å². The summed E-state index contributed by atoms with van der Waals surface area (Å²) in [4.78, 5) is 22.6. The van der Waals surface area contributed by atoms with Crippen molar-refractivity contribution in [1.82, 2.24) is 17.8 Å². The highest BCUT2D eigenvalue weighted by molar-refractivity contribution is 7.92. The Hall–Kier alpha value is -2.67. The molecule has 0 aliphatic carbocycles. The van der Waals surface area contributed by atoms with Gasteiger partial charge < -0.3 is 11.5 Å². The van der Waals surface area contributed by atoms with Crippen LogP contribution in [0.2, 0.25) is 0 Å². The molecular weight excluding hydrogens is 837 g/mol. The highest BCUT2D eigenvalue weighted by Gasteiger charge is 2.29. The summed E-state index contributed by atoms with van der Waals surface area (Å²) >= 11 is 0. The first-order valence-corrected chi connectivity index (χ1v) is 26.2. The molecule has 0 saturated carbocycles. The van der Waals surface area contributed by atoms with E-state index in [0.717, 1.165) is 74.3 Å². The van der Waals surface area contributed by atoms with Crippen LogP contribution in [0.1, 0.15) is 114 Å². The van der Waals surface area contributed by atoms with Gasteiger partial charge in [0.1, 0.15) is 0 Å². The molecule has 14 nitrogen and oxygen atoms in total. The Morgan fingerprint density at radius 2 is 1.00 bits per heavy atom. The number of rotatable bonds is 16. The Labute approximate surface area is 372 Å². The van der Waals surface area contributed by atoms with Gasteiger partial charge in [0, 0.05) is 74.6 Å². The van der Waals surface area contributed by atoms with Crippen molar-refractivity contribution in [3.05, 3.63) is 60.3 Å². The maximum absolute atomic E-state index is 11.5. The number of primary amides is 2. The van der Waals surface area contributed by atoms with Gasteiger partial charge in [0.2, 0.25) is 41.9 Å². The van der Waals surface area contributed by atoms with Gasteiger partial charge in [0.15, 0.2) is 0 Å². The van der Waals surface area contributed by atoms with Gasteiger partial charge in [-0.25, -0.2) is 25.3 Å². The Kier molecular flexibility index (Phi) is 30.9. The molecular formula is C44H84N6O8S3. The molecule has 3 saturated heterocycles. The molecule has 0 spiro atoms. The van der Waals surface area contributed by atoms with Gasteiger partial charge in [0.05, 0.1) is 0 Å². The number of hydrogen-bond donors (Lipinski definition) is 2. The predicted octanol–water partition coefficient (Wildman–Crippen LogP) is 6.68. The standard InChI is InChI=1S/2C10H19NO2S.C9H18N2O2S.C8H15NO.C7H13NO/c1-4-14(12,13)11-7-5-10(6-8-11)9(2)3;1-4-14(12,13)11-7-5-6-10(8-11)9(2)3;1-4-14(12,13)11-7-5-10(6-8-11)9(2)3;1-7(2)5-3-4-6-8(9)10;1-6(2)4-3-5-7(8)9/h2*4,9-10H,1,5-8H2,2-3H3;4,9H,1,5-8H2,2-3H3;4,6-7H,3,5H2,1-2H3,(H2,9,10);3,5-6H,4H2,1-2H3,(H2,8,9)/b;;;6-4+;5-3+. The number of carbonyl (C=O) groups is 2. The predicted molar refractivity (Wildman–Crippen MR) is 254 cm³/mol. The molecule has 1 atom stereocenters. The first kappa shape index (κ1) is 60.4. The Morgan fingerprint density at radius 1 is 0.574 bits per heavy atom. The largest absolute Gasteiger partial charge is 0.366 e. The van der Waals surface area contributed by atoms with Crippen molar-refractivity contribution in [1.29, 1.82) is 0 Å². The van der Waals surface area contributed by atoms with E-state index < -0.39 is 30.1 Å². The quantitative estimate of drug-likeness (QED) is 0.159. The summed E-state index contributed by atoms with van der Waals surface area (Å²) in [5.41, 5.74) is 9.74. The molecule has 3 heterocycles. The number of allylic oxidation sites excluding steroid dienone is 2. The molecule has 0 aromatic heterocycles. The first-order valence-electron chi connectivity index (χ1n) is 21.7. The third-order valence-electron chi connectivity index (χ3n) is 10.6. The Morgan fingerprint density at radius 3 is 1.38 bits per heavy atom. The number of sulfonamides is 3. The summed E-state index contributed by atoms with van der Waals surface area (Å²) in [5, 5.41) is 3.12. The SMILES string of the molecule is C=CS(=O)(=O)N1CCC(C(C)C)CC1.C=CS(=O)(=O)N1CCCC(C(C)C)C1.C=CS(=O)(=O)N1CCN(C(C)C)CC1.CC(C)C/C=C/C(N)=O.CC(C)CC/C=C/C(N)=O. The molecule has 0 aromatic carbocycles. The second kappa shape index (κ2) is 31.2. The number of piperidine rings is 2. The fourth-order valence-corrected chi connectivity index (χ4v) is 9.23. The van der Waals surface area contributed by atoms with Crippen LogP contribution in [0.25, 0.3) is 0 Å². The molecule has 356 valence electrons. The summed E-state index contributed by atoms with van der Waals surface area (Å²) in [6.07, 6.45) is 13.5. The van der Waals surface area contributed by atoms with E-state index in [4.69, 9.17) is 11.5 Å². The molecule has 3 rings (SSSR count). The van der Waals surface area contributed by atoms with Crippen molar-refractivity contribution < 1.29 is 34.8 Å². The smallest absolute Gasteiger partial charge is 0.241 e. The van der Waals surface area contributed by atoms with E-state index in [1.807, 2.05) is 6.08 Å². The highest BCUT2D eigenvalue weighted by atomic mass is 32.2. The van der Waals surface area contributed by atoms with Gasteiger partial charge in [-0.1, -0.05) is 87.3 Å². The lowest BCUT2D eigenvalue weighted by Gasteiger charge is -2.35. The number of nitrogens with two attached hydrogens (primary N) is 2. The van der Waals surface area contributed by atoms with Crippen molar-refractivity contribution in [3.63, 3.8) is 0 Å². The minimum Gasteiger partial charge on any atom is -0.366 e. The summed E-state index contributed by atoms with van der Waals surface area (Å²) < 4.78 is 73.3. The van der Waals surface area contributed by atoms with E-state index in [2.05, 4.69) is 93.9 Å². The molecule has 3 aliphatic rings. The fraction of sp³-hybridized carbons (Fsp3) is 0.727. The second-order valence-electron chi connectivity index (χ2n) is 17.4. The molecule has 4 N–H and O–H groups in total. The Bertz CT molecular complexity index is 1610. The zero-order valence-electron chi connectivity index (χ0n) is 39.2. The van der Waals surface area contributed by atoms with Crippen LogP contribution in [-0.4, -0.2) is 113 Å². The topological polar surface area (TPSA) is 202 Å². The zero-order valence-corrected chi connectivity index (χ0v) is 41.7. The maximum atomic E-state index is 11.5. The maximum Gasteiger partial charge on any atom is 0.241 e. The van der Waals surface area contributed by atoms with Crippen molar-refractivity contribution in [2.75, 3.05) is 52.4 Å². The van der Waals surface area contributed by atoms with Crippen molar-refractivity contribution in [3.8, 4) is 0 Å². The van der Waals surface area contributed by atoms with Gasteiger partial charge in [0.25, 0.3) is 0 Å². The van der Waals surface area contributed by atoms with Crippen molar-refractivity contribution in [2.24, 2.45) is 47.0 Å². The van der Waals surface area contributed by atoms with Crippen molar-refractivity contribution >= 4 is 41.9 Å². The van der Waals surface area contributed by atoms with Crippen LogP contribution in [-0.2, 0) is 39.7 Å². The third kappa shape index (κ3) is 27.9. The molecule has 1 unspecified atom stereocenters. The van der Waals surface area contributed by atoms with Crippen LogP contribution >= 0.6 is 0 Å². The summed E-state index contributed by atoms with van der Waals surface area (Å²) in [6.45, 7) is 36.8. The van der Waals surface area contributed by atoms with Gasteiger partial charge in [-0.15, -0.1) is 0 Å². The second-order valence-corrected chi connectivity index (χ2v) is 23.0. The minimum absolute atomic E-state index is 0.358. The summed E-state index contributed by atoms with van der Waals surface area (Å²) in [5.74, 6) is 2.95. The first-order chi connectivity index (χ1) is 28.2. The number of piperazine rings is 1. The van der Waals surface area contributed by atoms with E-state index in [0.29, 0.717) is 80.8 Å². The molecule has 3 fully saturated rings. The number of amides is 2. The Balaban J connectivity index is 0. The van der Waals surface area contributed by atoms with Crippen LogP contribution in [0.3, 0.4) is 0 Å². The van der Waals surface area contributed by atoms with E-state index in [-0.39, 0.29) is 11.8 Å². The van der Waals surface area contributed by atoms with E-state index in [9.17, 15) is 34.8 Å². The van der Waals surface area contributed by atoms with Gasteiger partial charge in [-0.2, -0.15) is 12.9 Å². The summed E-state index contributed by atoms with van der Waals surface area (Å²) in [7, 11) is -9.56. The minimum atomic E-state index is -3.20.